The molecule has 3 rings (SSSR count). The number of phenols is 1. The monoisotopic (exact) mass is 464 g/mol. The molecule has 7 nitrogen and oxygen atoms in total. The van der Waals surface area contributed by atoms with Crippen molar-refractivity contribution in [1.29, 1.82) is 0 Å². The van der Waals surface area contributed by atoms with Gasteiger partial charge in [-0.15, -0.1) is 0 Å². The number of nitrogens with one attached hydrogen (secondary N) is 3. The first-order valence-electron chi connectivity index (χ1n) is 10.2. The van der Waals surface area contributed by atoms with Gasteiger partial charge in [-0.05, 0) is 54.0 Å². The minimum absolute atomic E-state index is 0.133. The predicted molar refractivity (Wildman–Crippen MR) is 125 cm³/mol. The van der Waals surface area contributed by atoms with Gasteiger partial charge in [-0.3, -0.25) is 0 Å². The van der Waals surface area contributed by atoms with Crippen LogP contribution in [0.1, 0.15) is 17.5 Å². The van der Waals surface area contributed by atoms with Crippen LogP contribution in [0, 0.1) is 0 Å². The van der Waals surface area contributed by atoms with Gasteiger partial charge in [-0.1, -0.05) is 35.9 Å². The molecule has 0 spiro atoms. The highest BCUT2D eigenvalue weighted by Crippen LogP contribution is 2.27. The molecule has 0 saturated carbocycles. The zero-order valence-corrected chi connectivity index (χ0v) is 19.0. The molecule has 1 aliphatic heterocycles. The van der Waals surface area contributed by atoms with Crippen molar-refractivity contribution in [3.63, 3.8) is 0 Å². The fourth-order valence-electron chi connectivity index (χ4n) is 3.45. The molecule has 1 heterocycles. The van der Waals surface area contributed by atoms with Crippen molar-refractivity contribution < 1.29 is 14.8 Å². The van der Waals surface area contributed by atoms with E-state index in [-0.39, 0.29) is 12.4 Å². The summed E-state index contributed by atoms with van der Waals surface area (Å²) in [4.78, 5) is 2.10. The highest BCUT2D eigenvalue weighted by molar-refractivity contribution is 7.91. The molecule has 2 aromatic carbocycles. The van der Waals surface area contributed by atoms with E-state index in [1.807, 2.05) is 37.4 Å². The highest BCUT2D eigenvalue weighted by atomic mass is 35.5. The number of rotatable bonds is 11. The molecule has 0 saturated heterocycles. The normalized spacial score (nSPS) is 17.0. The van der Waals surface area contributed by atoms with Crippen LogP contribution in [0.4, 0.5) is 0 Å². The number of halogens is 1. The maximum absolute atomic E-state index is 13.4. The first-order chi connectivity index (χ1) is 15.0. The standard InChI is InChI=1S/C22H29ClN4O3S/c1-24-21-20(13-25-10-3-11-28)27(14-16-6-8-18(23)9-7-16)22(26-21)31(30)15-17-4-2-5-19(29)12-17/h2,4-9,12,22,24-26,28-29H,3,10-11,13-15H2,1H3. The van der Waals surface area contributed by atoms with Gasteiger partial charge in [0.1, 0.15) is 17.3 Å². The Balaban J connectivity index is 1.81. The zero-order chi connectivity index (χ0) is 22.2. The molecule has 0 radical (unpaired) electrons. The molecule has 0 aromatic heterocycles. The molecule has 2 unspecified atom stereocenters. The number of phenolic OH excluding ortho intramolecular Hbond substituents is 1. The number of aliphatic hydroxyl groups is 1. The number of benzene rings is 2. The zero-order valence-electron chi connectivity index (χ0n) is 17.5. The van der Waals surface area contributed by atoms with E-state index in [1.165, 1.54) is 0 Å². The molecular formula is C22H29ClN4O3S. The Labute approximate surface area is 191 Å². The van der Waals surface area contributed by atoms with Crippen LogP contribution in [0.2, 0.25) is 5.02 Å². The lowest BCUT2D eigenvalue weighted by molar-refractivity contribution is 0.282. The van der Waals surface area contributed by atoms with E-state index in [9.17, 15) is 9.66 Å². The Bertz CT molecular complexity index is 881. The lowest BCUT2D eigenvalue weighted by Gasteiger charge is -2.30. The summed E-state index contributed by atoms with van der Waals surface area (Å²) in [7, 11) is 1.83. The lowest BCUT2D eigenvalue weighted by atomic mass is 10.2. The van der Waals surface area contributed by atoms with E-state index >= 15 is 0 Å². The third kappa shape index (κ3) is 6.44. The number of hydrogen-bond donors (Lipinski definition) is 5. The van der Waals surface area contributed by atoms with Crippen molar-refractivity contribution in [2.45, 2.75) is 24.2 Å². The summed E-state index contributed by atoms with van der Waals surface area (Å²) in [6.07, 6.45) is 0.666. The topological polar surface area (TPSA) is 103 Å². The average molecular weight is 465 g/mol. The van der Waals surface area contributed by atoms with Crippen LogP contribution in [0.25, 0.3) is 0 Å². The van der Waals surface area contributed by atoms with E-state index in [4.69, 9.17) is 16.7 Å². The lowest BCUT2D eigenvalue weighted by Crippen LogP contribution is -2.45. The second-order valence-electron chi connectivity index (χ2n) is 7.27. The second-order valence-corrected chi connectivity index (χ2v) is 9.20. The first kappa shape index (κ1) is 23.6. The molecule has 0 amide bonds. The van der Waals surface area contributed by atoms with Crippen molar-refractivity contribution in [3.05, 3.63) is 76.2 Å². The van der Waals surface area contributed by atoms with Gasteiger partial charge in [-0.2, -0.15) is 0 Å². The van der Waals surface area contributed by atoms with Gasteiger partial charge in [0.05, 0.1) is 5.70 Å². The summed E-state index contributed by atoms with van der Waals surface area (Å²) < 4.78 is 13.4. The van der Waals surface area contributed by atoms with Gasteiger partial charge in [0.2, 0.25) is 0 Å². The Morgan fingerprint density at radius 2 is 1.97 bits per heavy atom. The van der Waals surface area contributed by atoms with Gasteiger partial charge < -0.3 is 35.6 Å². The van der Waals surface area contributed by atoms with Gasteiger partial charge >= 0.3 is 0 Å². The third-order valence-corrected chi connectivity index (χ3v) is 6.72. The summed E-state index contributed by atoms with van der Waals surface area (Å²) >= 11 is 4.75. The van der Waals surface area contributed by atoms with Gasteiger partial charge in [0.15, 0.2) is 0 Å². The number of nitrogens with zero attached hydrogens (tertiary/aromatic N) is 1. The van der Waals surface area contributed by atoms with Crippen LogP contribution < -0.4 is 16.0 Å². The molecule has 0 bridgehead atoms. The maximum Gasteiger partial charge on any atom is 0.266 e. The van der Waals surface area contributed by atoms with E-state index in [2.05, 4.69) is 20.9 Å². The van der Waals surface area contributed by atoms with Crippen LogP contribution in [0.5, 0.6) is 5.75 Å². The average Bonchev–Trinajstić information content (AvgIpc) is 3.10. The Kier molecular flexibility index (Phi) is 8.74. The summed E-state index contributed by atoms with van der Waals surface area (Å²) in [6.45, 7) is 1.94. The van der Waals surface area contributed by atoms with Crippen molar-refractivity contribution in [3.8, 4) is 5.75 Å². The Hall–Kier alpha value is -2.10. The molecule has 0 fully saturated rings. The fourth-order valence-corrected chi connectivity index (χ4v) is 4.98. The summed E-state index contributed by atoms with van der Waals surface area (Å²) in [6, 6.07) is 14.5. The number of hydrogen-bond acceptors (Lipinski definition) is 7. The predicted octanol–water partition coefficient (Wildman–Crippen LogP) is 2.04. The van der Waals surface area contributed by atoms with Crippen LogP contribution in [0.3, 0.4) is 0 Å². The molecule has 168 valence electrons. The van der Waals surface area contributed by atoms with E-state index in [0.29, 0.717) is 36.8 Å². The highest BCUT2D eigenvalue weighted by Gasteiger charge is 2.38. The van der Waals surface area contributed by atoms with Gasteiger partial charge in [0.25, 0.3) is 5.50 Å². The van der Waals surface area contributed by atoms with Crippen LogP contribution in [-0.4, -0.2) is 51.9 Å². The first-order valence-corrected chi connectivity index (χ1v) is 11.9. The molecule has 0 aliphatic carbocycles. The van der Waals surface area contributed by atoms with Crippen LogP contribution in [-0.2, 0) is 23.5 Å². The minimum atomic E-state index is -1.29. The van der Waals surface area contributed by atoms with E-state index in [0.717, 1.165) is 22.6 Å². The second kappa shape index (κ2) is 11.5. The summed E-state index contributed by atoms with van der Waals surface area (Å²) in [5.74, 6) is 1.29. The van der Waals surface area contributed by atoms with Crippen molar-refractivity contribution in [1.82, 2.24) is 20.9 Å². The molecular weight excluding hydrogens is 436 g/mol. The Morgan fingerprint density at radius 1 is 1.19 bits per heavy atom. The van der Waals surface area contributed by atoms with Gasteiger partial charge in [-0.25, -0.2) is 0 Å². The molecule has 2 aromatic rings. The minimum Gasteiger partial charge on any atom is -0.613 e. The van der Waals surface area contributed by atoms with Crippen molar-refractivity contribution in [2.24, 2.45) is 0 Å². The molecule has 31 heavy (non-hydrogen) atoms. The summed E-state index contributed by atoms with van der Waals surface area (Å²) in [5, 5.41) is 29.3. The maximum atomic E-state index is 13.4. The SMILES string of the molecule is CNC1=C(CNCCCO)N(Cc2ccc(Cl)cc2)C([S+]([O-])Cc2cccc(O)c2)N1. The van der Waals surface area contributed by atoms with Crippen molar-refractivity contribution in [2.75, 3.05) is 26.7 Å². The number of aromatic hydroxyl groups is 1. The Morgan fingerprint density at radius 3 is 2.65 bits per heavy atom. The smallest absolute Gasteiger partial charge is 0.266 e. The fraction of sp³-hybridized carbons (Fsp3) is 0.364. The van der Waals surface area contributed by atoms with E-state index < -0.39 is 16.7 Å². The quantitative estimate of drug-likeness (QED) is 0.256. The third-order valence-electron chi connectivity index (χ3n) is 4.97. The molecule has 1 aliphatic rings. The van der Waals surface area contributed by atoms with Crippen molar-refractivity contribution >= 4 is 22.8 Å². The van der Waals surface area contributed by atoms with Crippen LogP contribution >= 0.6 is 11.6 Å². The summed E-state index contributed by atoms with van der Waals surface area (Å²) in [5.41, 5.74) is 2.41. The molecule has 9 heteroatoms. The number of aliphatic hydroxyl groups excluding tert-OH is 1. The van der Waals surface area contributed by atoms with Crippen LogP contribution in [0.15, 0.2) is 60.0 Å². The van der Waals surface area contributed by atoms with E-state index in [1.54, 1.807) is 18.2 Å². The van der Waals surface area contributed by atoms with Gasteiger partial charge in [0, 0.05) is 37.3 Å². The molecule has 2 atom stereocenters. The largest absolute Gasteiger partial charge is 0.613 e. The molecule has 5 N–H and O–H groups in total.